The van der Waals surface area contributed by atoms with E-state index in [9.17, 15) is 0 Å². The molecule has 1 aromatic carbocycles. The molecule has 1 rings (SSSR count). The topological polar surface area (TPSA) is 9.23 Å². The molecule has 84 valence electrons. The Kier molecular flexibility index (Phi) is 4.52. The zero-order valence-corrected chi connectivity index (χ0v) is 10.9. The van der Waals surface area contributed by atoms with Crippen LogP contribution in [0.25, 0.3) is 0 Å². The molecule has 0 fully saturated rings. The quantitative estimate of drug-likeness (QED) is 0.721. The molecule has 0 unspecified atom stereocenters. The maximum Gasteiger partial charge on any atom is 0.119 e. The Morgan fingerprint density at radius 3 is 2.60 bits per heavy atom. The van der Waals surface area contributed by atoms with Gasteiger partial charge in [0.1, 0.15) is 5.75 Å². The zero-order chi connectivity index (χ0) is 11.3. The van der Waals surface area contributed by atoms with Crippen molar-refractivity contribution < 1.29 is 4.74 Å². The largest absolute Gasteiger partial charge is 0.493 e. The van der Waals surface area contributed by atoms with Gasteiger partial charge in [0.15, 0.2) is 0 Å². The molecule has 0 bridgehead atoms. The molecule has 0 radical (unpaired) electrons. The van der Waals surface area contributed by atoms with E-state index in [1.54, 1.807) is 11.8 Å². The number of thioether (sulfide) groups is 1. The lowest BCUT2D eigenvalue weighted by Gasteiger charge is -2.19. The van der Waals surface area contributed by atoms with Crippen LogP contribution in [-0.4, -0.2) is 18.6 Å². The molecule has 0 aromatic heterocycles. The highest BCUT2D eigenvalue weighted by Crippen LogP contribution is 2.25. The van der Waals surface area contributed by atoms with Gasteiger partial charge in [-0.2, -0.15) is 11.8 Å². The summed E-state index contributed by atoms with van der Waals surface area (Å²) in [5, 5.41) is 0. The average Bonchev–Trinajstić information content (AvgIpc) is 2.17. The van der Waals surface area contributed by atoms with Crippen LogP contribution < -0.4 is 4.74 Å². The summed E-state index contributed by atoms with van der Waals surface area (Å²) in [7, 11) is 0. The molecular weight excluding hydrogens is 204 g/mol. The number of hydrogen-bond donors (Lipinski definition) is 0. The summed E-state index contributed by atoms with van der Waals surface area (Å²) in [6.07, 6.45) is 2.09. The maximum atomic E-state index is 5.66. The number of ether oxygens (including phenoxy) is 1. The fourth-order valence-corrected chi connectivity index (χ4v) is 1.55. The smallest absolute Gasteiger partial charge is 0.119 e. The molecule has 1 nitrogen and oxygen atoms in total. The Balaban J connectivity index is 2.66. The van der Waals surface area contributed by atoms with Gasteiger partial charge in [-0.15, -0.1) is 0 Å². The van der Waals surface area contributed by atoms with Crippen molar-refractivity contribution in [1.82, 2.24) is 0 Å². The minimum atomic E-state index is 0.193. The number of hydrogen-bond acceptors (Lipinski definition) is 2. The Morgan fingerprint density at radius 2 is 2.00 bits per heavy atom. The minimum absolute atomic E-state index is 0.193. The molecule has 0 atom stereocenters. The van der Waals surface area contributed by atoms with Crippen molar-refractivity contribution >= 4 is 11.8 Å². The molecule has 0 spiro atoms. The number of rotatable bonds is 4. The van der Waals surface area contributed by atoms with Gasteiger partial charge in [0.25, 0.3) is 0 Å². The standard InChI is InChI=1S/C13H20OS/c1-13(2,3)11-6-5-7-12(10-11)14-8-9-15-4/h5-7,10H,8-9H2,1-4H3. The summed E-state index contributed by atoms with van der Waals surface area (Å²) in [5.74, 6) is 2.02. The fraction of sp³-hybridized carbons (Fsp3) is 0.538. The lowest BCUT2D eigenvalue weighted by Crippen LogP contribution is -2.11. The Labute approximate surface area is 97.2 Å². The predicted molar refractivity (Wildman–Crippen MR) is 69.0 cm³/mol. The second-order valence-electron chi connectivity index (χ2n) is 4.62. The molecule has 0 aliphatic carbocycles. The van der Waals surface area contributed by atoms with Gasteiger partial charge in [-0.05, 0) is 29.4 Å². The normalized spacial score (nSPS) is 11.5. The lowest BCUT2D eigenvalue weighted by molar-refractivity contribution is 0.343. The third-order valence-electron chi connectivity index (χ3n) is 2.26. The van der Waals surface area contributed by atoms with Gasteiger partial charge < -0.3 is 4.74 Å². The summed E-state index contributed by atoms with van der Waals surface area (Å²) in [5.41, 5.74) is 1.52. The van der Waals surface area contributed by atoms with Crippen molar-refractivity contribution in [3.63, 3.8) is 0 Å². The van der Waals surface area contributed by atoms with Gasteiger partial charge in [-0.25, -0.2) is 0 Å². The summed E-state index contributed by atoms with van der Waals surface area (Å²) in [6, 6.07) is 8.38. The molecule has 0 N–H and O–H groups in total. The van der Waals surface area contributed by atoms with E-state index in [1.807, 2.05) is 6.07 Å². The fourth-order valence-electron chi connectivity index (χ4n) is 1.30. The van der Waals surface area contributed by atoms with Crippen molar-refractivity contribution in [1.29, 1.82) is 0 Å². The van der Waals surface area contributed by atoms with Gasteiger partial charge in [-0.1, -0.05) is 32.9 Å². The molecule has 0 saturated heterocycles. The third kappa shape index (κ3) is 4.17. The molecule has 2 heteroatoms. The first-order chi connectivity index (χ1) is 7.04. The highest BCUT2D eigenvalue weighted by Gasteiger charge is 2.13. The van der Waals surface area contributed by atoms with Crippen LogP contribution >= 0.6 is 11.8 Å². The van der Waals surface area contributed by atoms with Gasteiger partial charge in [-0.3, -0.25) is 0 Å². The van der Waals surface area contributed by atoms with E-state index in [-0.39, 0.29) is 5.41 Å². The minimum Gasteiger partial charge on any atom is -0.493 e. The van der Waals surface area contributed by atoms with Crippen molar-refractivity contribution in [3.05, 3.63) is 29.8 Å². The highest BCUT2D eigenvalue weighted by atomic mass is 32.2. The monoisotopic (exact) mass is 224 g/mol. The van der Waals surface area contributed by atoms with E-state index in [1.165, 1.54) is 5.56 Å². The van der Waals surface area contributed by atoms with E-state index in [4.69, 9.17) is 4.74 Å². The summed E-state index contributed by atoms with van der Waals surface area (Å²) in [4.78, 5) is 0. The van der Waals surface area contributed by atoms with E-state index in [2.05, 4.69) is 45.2 Å². The van der Waals surface area contributed by atoms with E-state index < -0.39 is 0 Å². The SMILES string of the molecule is CSCCOc1cccc(C(C)(C)C)c1. The summed E-state index contributed by atoms with van der Waals surface area (Å²) in [6.45, 7) is 7.44. The van der Waals surface area contributed by atoms with Gasteiger partial charge >= 0.3 is 0 Å². The van der Waals surface area contributed by atoms with Crippen molar-refractivity contribution in [2.75, 3.05) is 18.6 Å². The molecule has 15 heavy (non-hydrogen) atoms. The van der Waals surface area contributed by atoms with Crippen LogP contribution in [0.1, 0.15) is 26.3 Å². The van der Waals surface area contributed by atoms with Crippen LogP contribution in [0.3, 0.4) is 0 Å². The Morgan fingerprint density at radius 1 is 1.27 bits per heavy atom. The zero-order valence-electron chi connectivity index (χ0n) is 10.0. The highest BCUT2D eigenvalue weighted by molar-refractivity contribution is 7.98. The van der Waals surface area contributed by atoms with Crippen molar-refractivity contribution in [2.24, 2.45) is 0 Å². The van der Waals surface area contributed by atoms with Crippen LogP contribution in [0.4, 0.5) is 0 Å². The van der Waals surface area contributed by atoms with Crippen LogP contribution in [0.5, 0.6) is 5.75 Å². The number of benzene rings is 1. The van der Waals surface area contributed by atoms with Crippen LogP contribution in [-0.2, 0) is 5.41 Å². The third-order valence-corrected chi connectivity index (χ3v) is 2.83. The van der Waals surface area contributed by atoms with Crippen LogP contribution in [0.15, 0.2) is 24.3 Å². The summed E-state index contributed by atoms with van der Waals surface area (Å²) >= 11 is 1.81. The van der Waals surface area contributed by atoms with Gasteiger partial charge in [0, 0.05) is 5.75 Å². The molecule has 0 heterocycles. The van der Waals surface area contributed by atoms with Crippen molar-refractivity contribution in [3.8, 4) is 5.75 Å². The predicted octanol–water partition coefficient (Wildman–Crippen LogP) is 3.73. The first-order valence-corrected chi connectivity index (χ1v) is 6.65. The molecule has 0 saturated carbocycles. The molecule has 0 amide bonds. The maximum absolute atomic E-state index is 5.66. The van der Waals surface area contributed by atoms with Crippen LogP contribution in [0, 0.1) is 0 Å². The molecular formula is C13H20OS. The first-order valence-electron chi connectivity index (χ1n) is 5.26. The average molecular weight is 224 g/mol. The molecule has 0 aliphatic heterocycles. The van der Waals surface area contributed by atoms with Gasteiger partial charge in [0.05, 0.1) is 6.61 Å². The summed E-state index contributed by atoms with van der Waals surface area (Å²) < 4.78 is 5.66. The molecule has 0 aliphatic rings. The van der Waals surface area contributed by atoms with E-state index >= 15 is 0 Å². The Bertz CT molecular complexity index is 302. The lowest BCUT2D eigenvalue weighted by atomic mass is 9.87. The second-order valence-corrected chi connectivity index (χ2v) is 5.60. The van der Waals surface area contributed by atoms with Crippen molar-refractivity contribution in [2.45, 2.75) is 26.2 Å². The Hall–Kier alpha value is -0.630. The first kappa shape index (κ1) is 12.4. The van der Waals surface area contributed by atoms with E-state index in [0.717, 1.165) is 18.1 Å². The van der Waals surface area contributed by atoms with Gasteiger partial charge in [0.2, 0.25) is 0 Å². The van der Waals surface area contributed by atoms with Crippen LogP contribution in [0.2, 0.25) is 0 Å². The van der Waals surface area contributed by atoms with E-state index in [0.29, 0.717) is 0 Å². The second kappa shape index (κ2) is 5.45. The molecule has 1 aromatic rings.